The number of carbonyl (C=O) groups excluding carboxylic acids is 1. The number of esters is 1. The normalized spacial score (nSPS) is 18.0. The maximum absolute atomic E-state index is 11.5. The number of nitrogens with one attached hydrogen (secondary N) is 1. The van der Waals surface area contributed by atoms with E-state index in [4.69, 9.17) is 4.74 Å². The lowest BCUT2D eigenvalue weighted by Crippen LogP contribution is -2.26. The number of hydrogen-bond acceptors (Lipinski definition) is 6. The van der Waals surface area contributed by atoms with E-state index in [9.17, 15) is 4.79 Å². The first-order chi connectivity index (χ1) is 11.7. The minimum absolute atomic E-state index is 0.190. The van der Waals surface area contributed by atoms with E-state index in [1.807, 2.05) is 6.07 Å². The highest BCUT2D eigenvalue weighted by atomic mass is 32.2. The van der Waals surface area contributed by atoms with Gasteiger partial charge in [0.1, 0.15) is 5.69 Å². The van der Waals surface area contributed by atoms with Gasteiger partial charge in [-0.3, -0.25) is 0 Å². The third-order valence-corrected chi connectivity index (χ3v) is 8.01. The van der Waals surface area contributed by atoms with Crippen LogP contribution in [-0.2, 0) is 8.82 Å². The van der Waals surface area contributed by atoms with Crippen molar-refractivity contribution in [3.63, 3.8) is 0 Å². The Morgan fingerprint density at radius 3 is 2.71 bits per heavy atom. The van der Waals surface area contributed by atoms with Crippen molar-refractivity contribution in [2.24, 2.45) is 0 Å². The molecule has 1 saturated heterocycles. The molecule has 124 valence electrons. The molecule has 1 fully saturated rings. The monoisotopic (exact) mass is 358 g/mol. The Morgan fingerprint density at radius 1 is 1.21 bits per heavy atom. The lowest BCUT2D eigenvalue weighted by molar-refractivity contribution is 0.0594. The van der Waals surface area contributed by atoms with E-state index >= 15 is 0 Å². The average molecular weight is 358 g/mol. The summed E-state index contributed by atoms with van der Waals surface area (Å²) in [7, 11) is 1.37. The van der Waals surface area contributed by atoms with Gasteiger partial charge in [0, 0.05) is 41.1 Å². The minimum atomic E-state index is -0.408. The number of ether oxygens (including phenoxy) is 1. The first-order valence-electron chi connectivity index (χ1n) is 7.93. The highest BCUT2D eigenvalue weighted by Crippen LogP contribution is 2.57. The molecule has 1 aromatic heterocycles. The quantitative estimate of drug-likeness (QED) is 0.820. The van der Waals surface area contributed by atoms with Crippen LogP contribution in [0.15, 0.2) is 36.5 Å². The molecule has 0 radical (unpaired) electrons. The predicted octanol–water partition coefficient (Wildman–Crippen LogP) is 3.98. The Balaban J connectivity index is 1.71. The molecular formula is C18H18N2O2S2. The second-order valence-corrected chi connectivity index (χ2v) is 8.86. The molecule has 3 heterocycles. The Kier molecular flexibility index (Phi) is 4.18. The number of methoxy groups -OCH3 is 1. The topological polar surface area (TPSA) is 51.2 Å². The van der Waals surface area contributed by atoms with Gasteiger partial charge >= 0.3 is 5.97 Å². The molecule has 2 aromatic rings. The molecular weight excluding hydrogens is 340 g/mol. The van der Waals surface area contributed by atoms with Gasteiger partial charge in [-0.2, -0.15) is 0 Å². The zero-order valence-electron chi connectivity index (χ0n) is 13.4. The Hall–Kier alpha value is -1.66. The number of anilines is 1. The second-order valence-electron chi connectivity index (χ2n) is 5.81. The zero-order valence-corrected chi connectivity index (χ0v) is 15.0. The van der Waals surface area contributed by atoms with E-state index in [0.717, 1.165) is 24.1 Å². The summed E-state index contributed by atoms with van der Waals surface area (Å²) in [5.41, 5.74) is 5.11. The van der Waals surface area contributed by atoms with Gasteiger partial charge in [-0.1, -0.05) is 12.1 Å². The highest BCUT2D eigenvalue weighted by molar-refractivity contribution is 8.20. The molecule has 0 saturated carbocycles. The summed E-state index contributed by atoms with van der Waals surface area (Å²) in [5, 5.41) is 3.52. The summed E-state index contributed by atoms with van der Waals surface area (Å²) < 4.78 is 4.89. The van der Waals surface area contributed by atoms with Crippen molar-refractivity contribution in [2.75, 3.05) is 30.5 Å². The molecule has 2 aliphatic heterocycles. The number of pyridine rings is 1. The fourth-order valence-electron chi connectivity index (χ4n) is 3.23. The van der Waals surface area contributed by atoms with E-state index in [1.54, 1.807) is 12.3 Å². The van der Waals surface area contributed by atoms with Crippen molar-refractivity contribution < 1.29 is 9.53 Å². The molecule has 0 aliphatic carbocycles. The van der Waals surface area contributed by atoms with Crippen molar-refractivity contribution in [2.45, 2.75) is 10.5 Å². The van der Waals surface area contributed by atoms with Gasteiger partial charge in [-0.05, 0) is 30.2 Å². The van der Waals surface area contributed by atoms with E-state index < -0.39 is 5.97 Å². The standard InChI is InChI=1S/C18H18N2O2S2/c1-22-17(21)16-5-3-13(11-20-16)12-2-4-15-14(10-12)18(6-7-19-15)23-8-9-24-18/h2-5,10-11,19H,6-9H2,1H3. The molecule has 2 aliphatic rings. The highest BCUT2D eigenvalue weighted by Gasteiger charge is 2.41. The van der Waals surface area contributed by atoms with Crippen molar-refractivity contribution in [3.8, 4) is 11.1 Å². The van der Waals surface area contributed by atoms with Gasteiger partial charge < -0.3 is 10.1 Å². The first kappa shape index (κ1) is 15.8. The zero-order chi connectivity index (χ0) is 16.6. The molecule has 0 bridgehead atoms. The first-order valence-corrected chi connectivity index (χ1v) is 9.90. The SMILES string of the molecule is COC(=O)c1ccc(-c2ccc3c(c2)C2(CCN3)SCCS2)cn1. The number of benzene rings is 1. The summed E-state index contributed by atoms with van der Waals surface area (Å²) in [6.07, 6.45) is 2.89. The summed E-state index contributed by atoms with van der Waals surface area (Å²) in [5.74, 6) is 2.02. The van der Waals surface area contributed by atoms with Crippen LogP contribution in [0, 0.1) is 0 Å². The Morgan fingerprint density at radius 2 is 2.00 bits per heavy atom. The van der Waals surface area contributed by atoms with E-state index in [2.05, 4.69) is 52.0 Å². The molecule has 1 N–H and O–H groups in total. The number of carbonyl (C=O) groups is 1. The number of aromatic nitrogens is 1. The lowest BCUT2D eigenvalue weighted by atomic mass is 9.97. The molecule has 0 amide bonds. The van der Waals surface area contributed by atoms with Crippen molar-refractivity contribution in [1.29, 1.82) is 0 Å². The molecule has 1 aromatic carbocycles. The molecule has 0 atom stereocenters. The average Bonchev–Trinajstić information content (AvgIpc) is 3.10. The molecule has 4 nitrogen and oxygen atoms in total. The molecule has 4 rings (SSSR count). The second kappa shape index (κ2) is 6.33. The molecule has 6 heteroatoms. The van der Waals surface area contributed by atoms with Gasteiger partial charge in [0.15, 0.2) is 0 Å². The van der Waals surface area contributed by atoms with Crippen molar-refractivity contribution in [3.05, 3.63) is 47.8 Å². The summed E-state index contributed by atoms with van der Waals surface area (Å²) in [6, 6.07) is 10.2. The van der Waals surface area contributed by atoms with Gasteiger partial charge in [-0.15, -0.1) is 23.5 Å². The van der Waals surface area contributed by atoms with Crippen molar-refractivity contribution in [1.82, 2.24) is 4.98 Å². The Labute approximate surface area is 149 Å². The maximum atomic E-state index is 11.5. The minimum Gasteiger partial charge on any atom is -0.464 e. The molecule has 24 heavy (non-hydrogen) atoms. The predicted molar refractivity (Wildman–Crippen MR) is 101 cm³/mol. The van der Waals surface area contributed by atoms with Crippen LogP contribution in [0.5, 0.6) is 0 Å². The summed E-state index contributed by atoms with van der Waals surface area (Å²) in [4.78, 5) is 15.8. The lowest BCUT2D eigenvalue weighted by Gasteiger charge is -2.35. The molecule has 0 unspecified atom stereocenters. The van der Waals surface area contributed by atoms with E-state index in [0.29, 0.717) is 5.69 Å². The van der Waals surface area contributed by atoms with E-state index in [1.165, 1.54) is 29.9 Å². The Bertz CT molecular complexity index is 771. The molecule has 1 spiro atoms. The smallest absolute Gasteiger partial charge is 0.356 e. The van der Waals surface area contributed by atoms with Gasteiger partial charge in [0.2, 0.25) is 0 Å². The summed E-state index contributed by atoms with van der Waals surface area (Å²) >= 11 is 4.14. The largest absolute Gasteiger partial charge is 0.464 e. The summed E-state index contributed by atoms with van der Waals surface area (Å²) in [6.45, 7) is 1.03. The number of hydrogen-bond donors (Lipinski definition) is 1. The van der Waals surface area contributed by atoms with Crippen LogP contribution in [0.25, 0.3) is 11.1 Å². The van der Waals surface area contributed by atoms with Crippen LogP contribution in [0.1, 0.15) is 22.5 Å². The van der Waals surface area contributed by atoms with Crippen LogP contribution in [0.2, 0.25) is 0 Å². The van der Waals surface area contributed by atoms with Crippen LogP contribution in [0.3, 0.4) is 0 Å². The van der Waals surface area contributed by atoms with Crippen molar-refractivity contribution >= 4 is 35.2 Å². The number of thioether (sulfide) groups is 2. The third kappa shape index (κ3) is 2.67. The van der Waals surface area contributed by atoms with Crippen LogP contribution < -0.4 is 5.32 Å². The van der Waals surface area contributed by atoms with Crippen LogP contribution >= 0.6 is 23.5 Å². The van der Waals surface area contributed by atoms with Crippen LogP contribution in [-0.4, -0.2) is 36.1 Å². The number of rotatable bonds is 2. The van der Waals surface area contributed by atoms with Gasteiger partial charge in [-0.25, -0.2) is 9.78 Å². The maximum Gasteiger partial charge on any atom is 0.356 e. The van der Waals surface area contributed by atoms with Gasteiger partial charge in [0.25, 0.3) is 0 Å². The third-order valence-electron chi connectivity index (χ3n) is 4.44. The number of nitrogens with zero attached hydrogens (tertiary/aromatic N) is 1. The van der Waals surface area contributed by atoms with E-state index in [-0.39, 0.29) is 4.08 Å². The van der Waals surface area contributed by atoms with Gasteiger partial charge in [0.05, 0.1) is 11.2 Å². The number of fused-ring (bicyclic) bond motifs is 2. The fraction of sp³-hybridized carbons (Fsp3) is 0.333. The van der Waals surface area contributed by atoms with Crippen LogP contribution in [0.4, 0.5) is 5.69 Å². The fourth-order valence-corrected chi connectivity index (χ4v) is 6.54.